The number of hydrogen-bond acceptors (Lipinski definition) is 4. The molecule has 0 spiro atoms. The first-order valence-corrected chi connectivity index (χ1v) is 7.71. The van der Waals surface area contributed by atoms with Gasteiger partial charge in [0.2, 0.25) is 0 Å². The second-order valence-corrected chi connectivity index (χ2v) is 5.43. The van der Waals surface area contributed by atoms with Crippen LogP contribution < -0.4 is 5.32 Å². The number of aromatic nitrogens is 2. The molecule has 1 N–H and O–H groups in total. The van der Waals surface area contributed by atoms with E-state index in [1.54, 1.807) is 0 Å². The van der Waals surface area contributed by atoms with Crippen molar-refractivity contribution in [1.82, 2.24) is 14.9 Å². The van der Waals surface area contributed by atoms with E-state index in [2.05, 4.69) is 42.3 Å². The maximum Gasteiger partial charge on any atom is 0.0803 e. The molecule has 0 radical (unpaired) electrons. The Balaban J connectivity index is 2.79. The minimum atomic E-state index is 0.346. The van der Waals surface area contributed by atoms with E-state index in [4.69, 9.17) is 0 Å². The number of aryl methyl sites for hydroxylation is 1. The summed E-state index contributed by atoms with van der Waals surface area (Å²) in [6, 6.07) is 0.346. The predicted octanol–water partition coefficient (Wildman–Crippen LogP) is 3.89. The van der Waals surface area contributed by atoms with Gasteiger partial charge in [0.15, 0.2) is 0 Å². The minimum absolute atomic E-state index is 0.346. The second-order valence-electron chi connectivity index (χ2n) is 4.65. The third-order valence-electron chi connectivity index (χ3n) is 3.02. The summed E-state index contributed by atoms with van der Waals surface area (Å²) in [7, 11) is 0. The standard InChI is InChI=1S/C14H25N3S/c1-5-8-12-14(18-17-16-12)13(15-9-6-2)10-11(4)7-3/h13,15H,4-10H2,1-3H3. The van der Waals surface area contributed by atoms with Crippen molar-refractivity contribution in [3.8, 4) is 0 Å². The molecule has 18 heavy (non-hydrogen) atoms. The van der Waals surface area contributed by atoms with Crippen LogP contribution in [0.4, 0.5) is 0 Å². The number of nitrogens with zero attached hydrogens (tertiary/aromatic N) is 2. The van der Waals surface area contributed by atoms with Crippen LogP contribution >= 0.6 is 11.5 Å². The van der Waals surface area contributed by atoms with Gasteiger partial charge in [-0.1, -0.05) is 43.8 Å². The highest BCUT2D eigenvalue weighted by atomic mass is 32.1. The van der Waals surface area contributed by atoms with Crippen molar-refractivity contribution in [2.24, 2.45) is 0 Å². The third kappa shape index (κ3) is 4.50. The largest absolute Gasteiger partial charge is 0.309 e. The Labute approximate surface area is 115 Å². The van der Waals surface area contributed by atoms with Gasteiger partial charge in [0.25, 0.3) is 0 Å². The predicted molar refractivity (Wildman–Crippen MR) is 79.0 cm³/mol. The summed E-state index contributed by atoms with van der Waals surface area (Å²) in [6.07, 6.45) is 5.32. The van der Waals surface area contributed by atoms with E-state index in [1.165, 1.54) is 27.7 Å². The van der Waals surface area contributed by atoms with Gasteiger partial charge in [-0.05, 0) is 43.8 Å². The van der Waals surface area contributed by atoms with Crippen LogP contribution in [0.3, 0.4) is 0 Å². The van der Waals surface area contributed by atoms with Gasteiger partial charge in [0.05, 0.1) is 10.6 Å². The SMILES string of the molecule is C=C(CC)CC(NCCC)c1snnc1CCC. The molecule has 1 aromatic rings. The molecule has 0 aliphatic heterocycles. The van der Waals surface area contributed by atoms with Crippen LogP contribution in [0.2, 0.25) is 0 Å². The lowest BCUT2D eigenvalue weighted by atomic mass is 10.0. The lowest BCUT2D eigenvalue weighted by Crippen LogP contribution is -2.22. The summed E-state index contributed by atoms with van der Waals surface area (Å²) in [4.78, 5) is 1.31. The maximum absolute atomic E-state index is 4.27. The molecule has 3 nitrogen and oxygen atoms in total. The fourth-order valence-corrected chi connectivity index (χ4v) is 2.67. The zero-order chi connectivity index (χ0) is 13.4. The molecule has 0 aliphatic carbocycles. The van der Waals surface area contributed by atoms with Gasteiger partial charge in [-0.25, -0.2) is 0 Å². The highest BCUT2D eigenvalue weighted by Crippen LogP contribution is 2.27. The van der Waals surface area contributed by atoms with E-state index in [1.807, 2.05) is 0 Å². The van der Waals surface area contributed by atoms with E-state index >= 15 is 0 Å². The van der Waals surface area contributed by atoms with Crippen molar-refractivity contribution in [3.63, 3.8) is 0 Å². The minimum Gasteiger partial charge on any atom is -0.309 e. The first kappa shape index (κ1) is 15.3. The van der Waals surface area contributed by atoms with Crippen LogP contribution in [0, 0.1) is 0 Å². The average molecular weight is 267 g/mol. The topological polar surface area (TPSA) is 37.8 Å². The molecule has 0 saturated carbocycles. The van der Waals surface area contributed by atoms with Crippen molar-refractivity contribution in [2.45, 2.75) is 58.9 Å². The summed E-state index contributed by atoms with van der Waals surface area (Å²) in [6.45, 7) is 11.7. The molecule has 0 amide bonds. The van der Waals surface area contributed by atoms with Crippen LogP contribution in [0.1, 0.15) is 63.1 Å². The fraction of sp³-hybridized carbons (Fsp3) is 0.714. The first-order valence-electron chi connectivity index (χ1n) is 6.93. The molecule has 1 unspecified atom stereocenters. The smallest absolute Gasteiger partial charge is 0.0803 e. The number of rotatable bonds is 9. The maximum atomic E-state index is 4.27. The Morgan fingerprint density at radius 3 is 2.72 bits per heavy atom. The van der Waals surface area contributed by atoms with E-state index in [0.29, 0.717) is 6.04 Å². The van der Waals surface area contributed by atoms with E-state index in [9.17, 15) is 0 Å². The van der Waals surface area contributed by atoms with Crippen LogP contribution in [-0.2, 0) is 6.42 Å². The Hall–Kier alpha value is -0.740. The normalized spacial score (nSPS) is 12.6. The average Bonchev–Trinajstić information content (AvgIpc) is 2.82. The molecule has 0 aromatic carbocycles. The van der Waals surface area contributed by atoms with Gasteiger partial charge in [0, 0.05) is 6.04 Å². The van der Waals surface area contributed by atoms with Gasteiger partial charge in [-0.2, -0.15) is 0 Å². The van der Waals surface area contributed by atoms with E-state index in [-0.39, 0.29) is 0 Å². The Kier molecular flexibility index (Phi) is 7.13. The molecular formula is C14H25N3S. The van der Waals surface area contributed by atoms with Gasteiger partial charge in [0.1, 0.15) is 0 Å². The van der Waals surface area contributed by atoms with Crippen molar-refractivity contribution in [2.75, 3.05) is 6.54 Å². The summed E-state index contributed by atoms with van der Waals surface area (Å²) in [5, 5.41) is 7.87. The second kappa shape index (κ2) is 8.38. The Bertz CT molecular complexity index is 360. The van der Waals surface area contributed by atoms with Crippen molar-refractivity contribution in [3.05, 3.63) is 22.7 Å². The fourth-order valence-electron chi connectivity index (χ4n) is 1.90. The quantitative estimate of drug-likeness (QED) is 0.690. The summed E-state index contributed by atoms with van der Waals surface area (Å²) in [5.74, 6) is 0. The molecular weight excluding hydrogens is 242 g/mol. The van der Waals surface area contributed by atoms with Crippen LogP contribution in [0.25, 0.3) is 0 Å². The molecule has 0 aliphatic rings. The monoisotopic (exact) mass is 267 g/mol. The zero-order valence-electron chi connectivity index (χ0n) is 11.8. The lowest BCUT2D eigenvalue weighted by molar-refractivity contribution is 0.526. The molecule has 1 rings (SSSR count). The number of nitrogens with one attached hydrogen (secondary N) is 1. The number of hydrogen-bond donors (Lipinski definition) is 1. The van der Waals surface area contributed by atoms with E-state index in [0.717, 1.165) is 38.6 Å². The lowest BCUT2D eigenvalue weighted by Gasteiger charge is -2.18. The van der Waals surface area contributed by atoms with Gasteiger partial charge in [-0.15, -0.1) is 5.10 Å². The van der Waals surface area contributed by atoms with Gasteiger partial charge in [-0.3, -0.25) is 0 Å². The highest BCUT2D eigenvalue weighted by molar-refractivity contribution is 7.05. The van der Waals surface area contributed by atoms with Crippen molar-refractivity contribution >= 4 is 11.5 Å². The van der Waals surface area contributed by atoms with Crippen LogP contribution in [-0.4, -0.2) is 16.1 Å². The van der Waals surface area contributed by atoms with Crippen LogP contribution in [0.15, 0.2) is 12.2 Å². The molecule has 1 heterocycles. The third-order valence-corrected chi connectivity index (χ3v) is 3.90. The van der Waals surface area contributed by atoms with Gasteiger partial charge < -0.3 is 5.32 Å². The zero-order valence-corrected chi connectivity index (χ0v) is 12.6. The Morgan fingerprint density at radius 2 is 2.11 bits per heavy atom. The van der Waals surface area contributed by atoms with Crippen molar-refractivity contribution in [1.29, 1.82) is 0 Å². The molecule has 4 heteroatoms. The summed E-state index contributed by atoms with van der Waals surface area (Å²) < 4.78 is 4.12. The van der Waals surface area contributed by atoms with Gasteiger partial charge >= 0.3 is 0 Å². The molecule has 0 bridgehead atoms. The molecule has 102 valence electrons. The molecule has 1 aromatic heterocycles. The summed E-state index contributed by atoms with van der Waals surface area (Å²) in [5.41, 5.74) is 2.46. The Morgan fingerprint density at radius 1 is 1.33 bits per heavy atom. The van der Waals surface area contributed by atoms with E-state index < -0.39 is 0 Å². The summed E-state index contributed by atoms with van der Waals surface area (Å²) >= 11 is 1.54. The van der Waals surface area contributed by atoms with Crippen LogP contribution in [0.5, 0.6) is 0 Å². The molecule has 1 atom stereocenters. The van der Waals surface area contributed by atoms with Crippen molar-refractivity contribution < 1.29 is 0 Å². The molecule has 0 saturated heterocycles. The first-order chi connectivity index (χ1) is 8.72. The molecule has 0 fully saturated rings. The highest BCUT2D eigenvalue weighted by Gasteiger charge is 2.18.